The van der Waals surface area contributed by atoms with Crippen LogP contribution >= 0.6 is 0 Å². The molecule has 0 spiro atoms. The number of benzene rings is 1. The number of rotatable bonds is 3. The number of fused-ring (bicyclic) bond motifs is 1. The zero-order valence-electron chi connectivity index (χ0n) is 13.8. The van der Waals surface area contributed by atoms with Crippen molar-refractivity contribution in [3.8, 4) is 0 Å². The molecule has 1 aromatic carbocycles. The van der Waals surface area contributed by atoms with Gasteiger partial charge in [0, 0.05) is 32.0 Å². The zero-order valence-corrected chi connectivity index (χ0v) is 13.8. The quantitative estimate of drug-likeness (QED) is 0.947. The summed E-state index contributed by atoms with van der Waals surface area (Å²) >= 11 is 0. The van der Waals surface area contributed by atoms with Crippen LogP contribution in [0.25, 0.3) is 0 Å². The molecule has 0 unspecified atom stereocenters. The van der Waals surface area contributed by atoms with E-state index in [-0.39, 0.29) is 17.3 Å². The number of aromatic amines is 1. The number of nitrogens with zero attached hydrogens (tertiary/aromatic N) is 2. The Hall–Kier alpha value is -2.01. The number of hydrogen-bond acceptors (Lipinski definition) is 3. The lowest BCUT2D eigenvalue weighted by molar-refractivity contribution is 0.241. The van der Waals surface area contributed by atoms with Gasteiger partial charge in [-0.25, -0.2) is 9.37 Å². The van der Waals surface area contributed by atoms with Gasteiger partial charge in [-0.15, -0.1) is 0 Å². The lowest BCUT2D eigenvalue weighted by atomic mass is 10.0. The first-order valence-electron chi connectivity index (χ1n) is 8.03. The lowest BCUT2D eigenvalue weighted by Gasteiger charge is -2.28. The number of hydrogen-bond donors (Lipinski definition) is 1. The molecular weight excluding hydrogens is 293 g/mol. The van der Waals surface area contributed by atoms with Gasteiger partial charge in [-0.05, 0) is 24.1 Å². The number of aryl methyl sites for hydroxylation is 1. The molecule has 0 saturated heterocycles. The average Bonchev–Trinajstić information content (AvgIpc) is 2.51. The van der Waals surface area contributed by atoms with E-state index < -0.39 is 0 Å². The van der Waals surface area contributed by atoms with E-state index in [1.54, 1.807) is 6.92 Å². The Morgan fingerprint density at radius 2 is 2.17 bits per heavy atom. The number of aromatic nitrogens is 2. The van der Waals surface area contributed by atoms with Crippen LogP contribution in [-0.2, 0) is 19.5 Å². The van der Waals surface area contributed by atoms with Gasteiger partial charge in [0.15, 0.2) is 0 Å². The van der Waals surface area contributed by atoms with Crippen LogP contribution in [0.4, 0.5) is 4.39 Å². The molecule has 0 atom stereocenters. The maximum absolute atomic E-state index is 13.4. The summed E-state index contributed by atoms with van der Waals surface area (Å²) in [6.45, 7) is 7.98. The van der Waals surface area contributed by atoms with Crippen molar-refractivity contribution >= 4 is 0 Å². The lowest BCUT2D eigenvalue weighted by Crippen LogP contribution is -2.36. The topological polar surface area (TPSA) is 49.0 Å². The van der Waals surface area contributed by atoms with Gasteiger partial charge >= 0.3 is 0 Å². The molecule has 0 amide bonds. The normalized spacial score (nSPS) is 15.0. The summed E-state index contributed by atoms with van der Waals surface area (Å²) in [4.78, 5) is 22.0. The third-order valence-electron chi connectivity index (χ3n) is 4.34. The molecular formula is C18H22FN3O. The molecule has 0 saturated carbocycles. The monoisotopic (exact) mass is 315 g/mol. The Labute approximate surface area is 135 Å². The van der Waals surface area contributed by atoms with Crippen LogP contribution < -0.4 is 5.56 Å². The smallest absolute Gasteiger partial charge is 0.255 e. The summed E-state index contributed by atoms with van der Waals surface area (Å²) in [7, 11) is 0. The minimum absolute atomic E-state index is 0.0290. The Morgan fingerprint density at radius 3 is 2.87 bits per heavy atom. The summed E-state index contributed by atoms with van der Waals surface area (Å²) < 4.78 is 13.4. The predicted octanol–water partition coefficient (Wildman–Crippen LogP) is 2.90. The molecule has 0 bridgehead atoms. The molecule has 1 aliphatic heterocycles. The highest BCUT2D eigenvalue weighted by Crippen LogP contribution is 2.19. The van der Waals surface area contributed by atoms with Crippen LogP contribution in [0.1, 0.15) is 48.0 Å². The summed E-state index contributed by atoms with van der Waals surface area (Å²) in [6, 6.07) is 5.18. The van der Waals surface area contributed by atoms with Gasteiger partial charge in [-0.1, -0.05) is 26.0 Å². The molecule has 4 nitrogen and oxygen atoms in total. The second-order valence-electron chi connectivity index (χ2n) is 6.58. The first kappa shape index (κ1) is 15.9. The van der Waals surface area contributed by atoms with E-state index in [0.29, 0.717) is 18.7 Å². The average molecular weight is 315 g/mol. The van der Waals surface area contributed by atoms with Crippen LogP contribution in [-0.4, -0.2) is 21.4 Å². The minimum Gasteiger partial charge on any atom is -0.310 e. The fourth-order valence-corrected chi connectivity index (χ4v) is 2.97. The summed E-state index contributed by atoms with van der Waals surface area (Å²) in [5, 5.41) is 0. The van der Waals surface area contributed by atoms with Gasteiger partial charge in [-0.3, -0.25) is 9.69 Å². The molecule has 5 heteroatoms. The van der Waals surface area contributed by atoms with Crippen molar-refractivity contribution in [3.05, 3.63) is 62.6 Å². The van der Waals surface area contributed by atoms with Gasteiger partial charge in [0.1, 0.15) is 11.6 Å². The molecule has 0 radical (unpaired) electrons. The van der Waals surface area contributed by atoms with Gasteiger partial charge in [0.05, 0.1) is 11.3 Å². The highest BCUT2D eigenvalue weighted by molar-refractivity contribution is 5.25. The number of nitrogens with one attached hydrogen (secondary N) is 1. The predicted molar refractivity (Wildman–Crippen MR) is 87.9 cm³/mol. The van der Waals surface area contributed by atoms with E-state index in [9.17, 15) is 9.18 Å². The van der Waals surface area contributed by atoms with Crippen LogP contribution in [0.5, 0.6) is 0 Å². The zero-order chi connectivity index (χ0) is 16.6. The van der Waals surface area contributed by atoms with Gasteiger partial charge in [0.2, 0.25) is 0 Å². The summed E-state index contributed by atoms with van der Waals surface area (Å²) in [5.41, 5.74) is 3.37. The number of H-pyrrole nitrogens is 1. The molecule has 1 N–H and O–H groups in total. The maximum atomic E-state index is 13.4. The third-order valence-corrected chi connectivity index (χ3v) is 4.34. The minimum atomic E-state index is -0.181. The van der Waals surface area contributed by atoms with E-state index in [0.717, 1.165) is 35.6 Å². The first-order chi connectivity index (χ1) is 10.9. The summed E-state index contributed by atoms with van der Waals surface area (Å²) in [5.74, 6) is 0.796. The standard InChI is InChI=1S/C18H22FN3O/c1-11(2)17-20-16-6-7-22(10-14(16)18(23)21-17)9-13-4-5-15(19)12(3)8-13/h4-5,8,11H,6-7,9-10H2,1-3H3,(H,20,21,23). The second kappa shape index (κ2) is 6.24. The van der Waals surface area contributed by atoms with E-state index in [1.807, 2.05) is 26.0 Å². The molecule has 1 aromatic heterocycles. The summed E-state index contributed by atoms with van der Waals surface area (Å²) in [6.07, 6.45) is 0.777. The Balaban J connectivity index is 1.80. The molecule has 1 aliphatic rings. The van der Waals surface area contributed by atoms with Crippen molar-refractivity contribution in [1.82, 2.24) is 14.9 Å². The fraction of sp³-hybridized carbons (Fsp3) is 0.444. The molecule has 0 fully saturated rings. The van der Waals surface area contributed by atoms with Crippen LogP contribution in [0.3, 0.4) is 0 Å². The van der Waals surface area contributed by atoms with E-state index in [4.69, 9.17) is 0 Å². The van der Waals surface area contributed by atoms with Crippen molar-refractivity contribution in [1.29, 1.82) is 0 Å². The van der Waals surface area contributed by atoms with Crippen molar-refractivity contribution in [3.63, 3.8) is 0 Å². The second-order valence-corrected chi connectivity index (χ2v) is 6.58. The van der Waals surface area contributed by atoms with Gasteiger partial charge < -0.3 is 4.98 Å². The SMILES string of the molecule is Cc1cc(CN2CCc3nc(C(C)C)[nH]c(=O)c3C2)ccc1F. The first-order valence-corrected chi connectivity index (χ1v) is 8.03. The van der Waals surface area contributed by atoms with Gasteiger partial charge in [0.25, 0.3) is 5.56 Å². The van der Waals surface area contributed by atoms with E-state index in [2.05, 4.69) is 14.9 Å². The van der Waals surface area contributed by atoms with E-state index >= 15 is 0 Å². The largest absolute Gasteiger partial charge is 0.310 e. The van der Waals surface area contributed by atoms with Crippen molar-refractivity contribution in [2.24, 2.45) is 0 Å². The molecule has 0 aliphatic carbocycles. The maximum Gasteiger partial charge on any atom is 0.255 e. The molecule has 23 heavy (non-hydrogen) atoms. The molecule has 3 rings (SSSR count). The van der Waals surface area contributed by atoms with Crippen LogP contribution in [0.2, 0.25) is 0 Å². The molecule has 122 valence electrons. The molecule has 2 aromatic rings. The third kappa shape index (κ3) is 3.34. The van der Waals surface area contributed by atoms with Crippen molar-refractivity contribution in [2.45, 2.75) is 46.2 Å². The highest BCUT2D eigenvalue weighted by Gasteiger charge is 2.21. The Bertz CT molecular complexity index is 782. The van der Waals surface area contributed by atoms with Crippen LogP contribution in [0.15, 0.2) is 23.0 Å². The van der Waals surface area contributed by atoms with Crippen molar-refractivity contribution in [2.75, 3.05) is 6.54 Å². The fourth-order valence-electron chi connectivity index (χ4n) is 2.97. The number of halogens is 1. The van der Waals surface area contributed by atoms with Gasteiger partial charge in [-0.2, -0.15) is 0 Å². The Kier molecular flexibility index (Phi) is 4.31. The highest BCUT2D eigenvalue weighted by atomic mass is 19.1. The van der Waals surface area contributed by atoms with E-state index in [1.165, 1.54) is 6.07 Å². The van der Waals surface area contributed by atoms with Crippen LogP contribution in [0, 0.1) is 12.7 Å². The Morgan fingerprint density at radius 1 is 1.39 bits per heavy atom. The van der Waals surface area contributed by atoms with Crippen molar-refractivity contribution < 1.29 is 4.39 Å². The molecule has 2 heterocycles.